The van der Waals surface area contributed by atoms with Crippen LogP contribution in [0.4, 0.5) is 0 Å². The van der Waals surface area contributed by atoms with Gasteiger partial charge in [-0.25, -0.2) is 0 Å². The second-order valence-corrected chi connectivity index (χ2v) is 5.78. The summed E-state index contributed by atoms with van der Waals surface area (Å²) in [4.78, 5) is 13.5. The number of carboxylic acids is 1. The molecule has 1 atom stereocenters. The number of rotatable bonds is 5. The summed E-state index contributed by atoms with van der Waals surface area (Å²) in [6, 6.07) is 3.84. The molecule has 4 heteroatoms. The lowest BCUT2D eigenvalue weighted by atomic mass is 10.1. The van der Waals surface area contributed by atoms with Crippen molar-refractivity contribution in [3.05, 3.63) is 21.9 Å². The van der Waals surface area contributed by atoms with Crippen LogP contribution in [0.3, 0.4) is 0 Å². The maximum absolute atomic E-state index is 11.3. The summed E-state index contributed by atoms with van der Waals surface area (Å²) in [5.74, 6) is -0.763. The Morgan fingerprint density at radius 1 is 1.53 bits per heavy atom. The Bertz CT molecular complexity index is 383. The van der Waals surface area contributed by atoms with Gasteiger partial charge in [0.15, 0.2) is 0 Å². The Morgan fingerprint density at radius 3 is 2.76 bits per heavy atom. The number of hydrogen-bond donors (Lipinski definition) is 2. The SMILES string of the molecule is CCc1ccc(C(NC2CCCC2)C(=O)O)s1. The lowest BCUT2D eigenvalue weighted by Crippen LogP contribution is -2.34. The first-order valence-corrected chi connectivity index (χ1v) is 7.10. The molecule has 1 aliphatic rings. The van der Waals surface area contributed by atoms with E-state index in [9.17, 15) is 9.90 Å². The second-order valence-electron chi connectivity index (χ2n) is 4.58. The molecule has 94 valence electrons. The Hall–Kier alpha value is -0.870. The van der Waals surface area contributed by atoms with E-state index < -0.39 is 12.0 Å². The Labute approximate surface area is 106 Å². The van der Waals surface area contributed by atoms with Gasteiger partial charge < -0.3 is 5.11 Å². The van der Waals surface area contributed by atoms with Crippen LogP contribution in [0, 0.1) is 0 Å². The van der Waals surface area contributed by atoms with Crippen LogP contribution in [0.15, 0.2) is 12.1 Å². The number of carboxylic acid groups (broad SMARTS) is 1. The lowest BCUT2D eigenvalue weighted by Gasteiger charge is -2.18. The van der Waals surface area contributed by atoms with E-state index in [-0.39, 0.29) is 0 Å². The molecular formula is C13H19NO2S. The topological polar surface area (TPSA) is 49.3 Å². The van der Waals surface area contributed by atoms with Crippen LogP contribution in [0.1, 0.15) is 48.4 Å². The van der Waals surface area contributed by atoms with Gasteiger partial charge in [0.05, 0.1) is 0 Å². The van der Waals surface area contributed by atoms with Crippen molar-refractivity contribution < 1.29 is 9.90 Å². The molecule has 2 N–H and O–H groups in total. The molecule has 0 saturated heterocycles. The lowest BCUT2D eigenvalue weighted by molar-refractivity contribution is -0.139. The number of hydrogen-bond acceptors (Lipinski definition) is 3. The van der Waals surface area contributed by atoms with Crippen LogP contribution in [-0.4, -0.2) is 17.1 Å². The van der Waals surface area contributed by atoms with Crippen LogP contribution in [0.25, 0.3) is 0 Å². The van der Waals surface area contributed by atoms with Gasteiger partial charge in [0.25, 0.3) is 0 Å². The normalized spacial score (nSPS) is 18.4. The van der Waals surface area contributed by atoms with Gasteiger partial charge in [-0.3, -0.25) is 10.1 Å². The molecule has 0 aliphatic heterocycles. The average Bonchev–Trinajstić information content (AvgIpc) is 2.96. The van der Waals surface area contributed by atoms with E-state index in [2.05, 4.69) is 12.2 Å². The van der Waals surface area contributed by atoms with Crippen molar-refractivity contribution in [3.63, 3.8) is 0 Å². The quantitative estimate of drug-likeness (QED) is 0.848. The minimum absolute atomic E-state index is 0.378. The highest BCUT2D eigenvalue weighted by atomic mass is 32.1. The first-order valence-electron chi connectivity index (χ1n) is 6.28. The number of aliphatic carboxylic acids is 1. The monoisotopic (exact) mass is 253 g/mol. The fraction of sp³-hybridized carbons (Fsp3) is 0.615. The van der Waals surface area contributed by atoms with Gasteiger partial charge in [-0.05, 0) is 31.4 Å². The highest BCUT2D eigenvalue weighted by molar-refractivity contribution is 7.12. The average molecular weight is 253 g/mol. The van der Waals surface area contributed by atoms with Crippen LogP contribution in [0.5, 0.6) is 0 Å². The molecule has 1 fully saturated rings. The fourth-order valence-corrected chi connectivity index (χ4v) is 3.35. The van der Waals surface area contributed by atoms with Gasteiger partial charge in [-0.1, -0.05) is 19.8 Å². The molecule has 0 bridgehead atoms. The summed E-state index contributed by atoms with van der Waals surface area (Å²) >= 11 is 1.61. The van der Waals surface area contributed by atoms with Crippen LogP contribution >= 0.6 is 11.3 Å². The first kappa shape index (κ1) is 12.6. The molecule has 0 radical (unpaired) electrons. The van der Waals surface area contributed by atoms with Crippen molar-refractivity contribution in [1.82, 2.24) is 5.32 Å². The molecule has 1 aliphatic carbocycles. The molecule has 0 aromatic carbocycles. The Balaban J connectivity index is 2.07. The molecule has 1 aromatic heterocycles. The minimum atomic E-state index is -0.763. The van der Waals surface area contributed by atoms with E-state index in [1.54, 1.807) is 11.3 Å². The van der Waals surface area contributed by atoms with Crippen molar-refractivity contribution in [2.75, 3.05) is 0 Å². The second kappa shape index (κ2) is 5.65. The van der Waals surface area contributed by atoms with E-state index in [4.69, 9.17) is 0 Å². The molecular weight excluding hydrogens is 234 g/mol. The van der Waals surface area contributed by atoms with Crippen molar-refractivity contribution in [1.29, 1.82) is 0 Å². The maximum atomic E-state index is 11.3. The molecule has 0 spiro atoms. The van der Waals surface area contributed by atoms with E-state index in [0.29, 0.717) is 6.04 Å². The number of thiophene rings is 1. The van der Waals surface area contributed by atoms with Gasteiger partial charge >= 0.3 is 5.97 Å². The van der Waals surface area contributed by atoms with Gasteiger partial charge in [0.2, 0.25) is 0 Å². The fourth-order valence-electron chi connectivity index (χ4n) is 2.34. The zero-order chi connectivity index (χ0) is 12.3. The molecule has 3 nitrogen and oxygen atoms in total. The molecule has 1 heterocycles. The third-order valence-electron chi connectivity index (χ3n) is 3.32. The van der Waals surface area contributed by atoms with Crippen LogP contribution < -0.4 is 5.32 Å². The van der Waals surface area contributed by atoms with Gasteiger partial charge in [-0.15, -0.1) is 11.3 Å². The zero-order valence-corrected chi connectivity index (χ0v) is 10.9. The predicted molar refractivity (Wildman–Crippen MR) is 69.5 cm³/mol. The third-order valence-corrected chi connectivity index (χ3v) is 4.61. The predicted octanol–water partition coefficient (Wildman–Crippen LogP) is 2.97. The van der Waals surface area contributed by atoms with Crippen molar-refractivity contribution in [2.45, 2.75) is 51.1 Å². The van der Waals surface area contributed by atoms with Crippen LogP contribution in [-0.2, 0) is 11.2 Å². The largest absolute Gasteiger partial charge is 0.480 e. The summed E-state index contributed by atoms with van der Waals surface area (Å²) in [5, 5.41) is 12.6. The number of carbonyl (C=O) groups is 1. The zero-order valence-electron chi connectivity index (χ0n) is 10.1. The number of nitrogens with one attached hydrogen (secondary N) is 1. The summed E-state index contributed by atoms with van der Waals surface area (Å²) in [6.45, 7) is 2.09. The summed E-state index contributed by atoms with van der Waals surface area (Å²) in [5.41, 5.74) is 0. The van der Waals surface area contributed by atoms with Crippen molar-refractivity contribution in [2.24, 2.45) is 0 Å². The van der Waals surface area contributed by atoms with Gasteiger partial charge in [-0.2, -0.15) is 0 Å². The van der Waals surface area contributed by atoms with Gasteiger partial charge in [0, 0.05) is 15.8 Å². The summed E-state index contributed by atoms with van der Waals surface area (Å²) in [7, 11) is 0. The minimum Gasteiger partial charge on any atom is -0.480 e. The van der Waals surface area contributed by atoms with Gasteiger partial charge in [0.1, 0.15) is 6.04 Å². The molecule has 1 aromatic rings. The Kier molecular flexibility index (Phi) is 4.18. The molecule has 17 heavy (non-hydrogen) atoms. The van der Waals surface area contributed by atoms with Crippen molar-refractivity contribution in [3.8, 4) is 0 Å². The molecule has 0 amide bonds. The highest BCUT2D eigenvalue weighted by Gasteiger charge is 2.26. The van der Waals surface area contributed by atoms with Crippen molar-refractivity contribution >= 4 is 17.3 Å². The van der Waals surface area contributed by atoms with E-state index in [0.717, 1.165) is 24.1 Å². The highest BCUT2D eigenvalue weighted by Crippen LogP contribution is 2.27. The first-order chi connectivity index (χ1) is 8.20. The van der Waals surface area contributed by atoms with Crippen LogP contribution in [0.2, 0.25) is 0 Å². The summed E-state index contributed by atoms with van der Waals surface area (Å²) in [6.07, 6.45) is 5.62. The molecule has 2 rings (SSSR count). The Morgan fingerprint density at radius 2 is 2.24 bits per heavy atom. The third kappa shape index (κ3) is 3.07. The number of aryl methyl sites for hydroxylation is 1. The van der Waals surface area contributed by atoms with E-state index in [1.807, 2.05) is 12.1 Å². The maximum Gasteiger partial charge on any atom is 0.326 e. The van der Waals surface area contributed by atoms with E-state index in [1.165, 1.54) is 17.7 Å². The smallest absolute Gasteiger partial charge is 0.326 e. The standard InChI is InChI=1S/C13H19NO2S/c1-2-10-7-8-11(17-10)12(13(15)16)14-9-5-3-4-6-9/h7-9,12,14H,2-6H2,1H3,(H,15,16). The molecule has 1 unspecified atom stereocenters. The molecule has 1 saturated carbocycles. The summed E-state index contributed by atoms with van der Waals surface area (Å²) < 4.78 is 0. The van der Waals surface area contributed by atoms with E-state index >= 15 is 0 Å².